The van der Waals surface area contributed by atoms with Gasteiger partial charge >= 0.3 is 0 Å². The number of carbonyl (C=O) groups excluding carboxylic acids is 1. The molecule has 6 heteroatoms. The van der Waals surface area contributed by atoms with Crippen LogP contribution in [-0.4, -0.2) is 41.4 Å². The van der Waals surface area contributed by atoms with E-state index in [9.17, 15) is 4.79 Å². The van der Waals surface area contributed by atoms with Crippen LogP contribution in [0, 0.1) is 6.92 Å². The second-order valence-corrected chi connectivity index (χ2v) is 5.62. The Balaban J connectivity index is 1.75. The quantitative estimate of drug-likeness (QED) is 0.868. The molecule has 1 aliphatic rings. The molecule has 5 nitrogen and oxygen atoms in total. The molecule has 1 fully saturated rings. The number of nitrogens with one attached hydrogen (secondary N) is 1. The Morgan fingerprint density at radius 1 is 1.50 bits per heavy atom. The maximum atomic E-state index is 12.0. The first-order valence-corrected chi connectivity index (χ1v) is 7.47. The summed E-state index contributed by atoms with van der Waals surface area (Å²) in [6.45, 7) is 4.38. The molecular formula is C14H22ClN3O2. The SMILES string of the molecule is Cc1nn(C)c(Cl)c1CC(=O)CCOC1CCNCC1. The molecule has 0 aliphatic carbocycles. The van der Waals surface area contributed by atoms with Crippen LogP contribution in [0.2, 0.25) is 5.15 Å². The predicted molar refractivity (Wildman–Crippen MR) is 78.1 cm³/mol. The Morgan fingerprint density at radius 2 is 2.20 bits per heavy atom. The smallest absolute Gasteiger partial charge is 0.139 e. The van der Waals surface area contributed by atoms with Gasteiger partial charge in [0.05, 0.1) is 18.4 Å². The fraction of sp³-hybridized carbons (Fsp3) is 0.714. The van der Waals surface area contributed by atoms with Crippen LogP contribution in [0.4, 0.5) is 0 Å². The van der Waals surface area contributed by atoms with Crippen LogP contribution in [-0.2, 0) is 23.0 Å². The minimum absolute atomic E-state index is 0.150. The second kappa shape index (κ2) is 7.20. The summed E-state index contributed by atoms with van der Waals surface area (Å²) in [4.78, 5) is 12.0. The van der Waals surface area contributed by atoms with Crippen molar-refractivity contribution >= 4 is 17.4 Å². The van der Waals surface area contributed by atoms with Crippen molar-refractivity contribution in [2.24, 2.45) is 7.05 Å². The number of rotatable bonds is 6. The Labute approximate surface area is 124 Å². The van der Waals surface area contributed by atoms with Gasteiger partial charge in [-0.1, -0.05) is 11.6 Å². The Kier molecular flexibility index (Phi) is 5.57. The van der Waals surface area contributed by atoms with Gasteiger partial charge < -0.3 is 10.1 Å². The molecule has 1 saturated heterocycles. The maximum Gasteiger partial charge on any atom is 0.139 e. The normalized spacial score (nSPS) is 16.6. The first-order valence-electron chi connectivity index (χ1n) is 7.10. The molecule has 1 N–H and O–H groups in total. The second-order valence-electron chi connectivity index (χ2n) is 5.26. The summed E-state index contributed by atoms with van der Waals surface area (Å²) in [6.07, 6.45) is 3.14. The highest BCUT2D eigenvalue weighted by molar-refractivity contribution is 6.30. The van der Waals surface area contributed by atoms with E-state index in [0.29, 0.717) is 30.7 Å². The van der Waals surface area contributed by atoms with Crippen molar-refractivity contribution in [1.82, 2.24) is 15.1 Å². The van der Waals surface area contributed by atoms with Gasteiger partial charge in [0, 0.05) is 25.5 Å². The lowest BCUT2D eigenvalue weighted by atomic mass is 10.1. The molecule has 112 valence electrons. The summed E-state index contributed by atoms with van der Waals surface area (Å²) in [7, 11) is 1.78. The number of halogens is 1. The summed E-state index contributed by atoms with van der Waals surface area (Å²) in [5.41, 5.74) is 1.66. The van der Waals surface area contributed by atoms with Gasteiger partial charge in [-0.2, -0.15) is 5.10 Å². The van der Waals surface area contributed by atoms with E-state index in [1.54, 1.807) is 11.7 Å². The number of nitrogens with zero attached hydrogens (tertiary/aromatic N) is 2. The minimum Gasteiger partial charge on any atom is -0.378 e. The maximum absolute atomic E-state index is 12.0. The molecule has 0 bridgehead atoms. The number of hydrogen-bond donors (Lipinski definition) is 1. The van der Waals surface area contributed by atoms with Crippen molar-refractivity contribution in [1.29, 1.82) is 0 Å². The van der Waals surface area contributed by atoms with Crippen LogP contribution in [0.3, 0.4) is 0 Å². The monoisotopic (exact) mass is 299 g/mol. The molecule has 2 rings (SSSR count). The van der Waals surface area contributed by atoms with Crippen molar-refractivity contribution in [3.8, 4) is 0 Å². The van der Waals surface area contributed by atoms with Gasteiger partial charge in [0.15, 0.2) is 0 Å². The highest BCUT2D eigenvalue weighted by atomic mass is 35.5. The number of piperidine rings is 1. The molecular weight excluding hydrogens is 278 g/mol. The van der Waals surface area contributed by atoms with Crippen LogP contribution in [0.1, 0.15) is 30.5 Å². The molecule has 20 heavy (non-hydrogen) atoms. The van der Waals surface area contributed by atoms with Crippen molar-refractivity contribution < 1.29 is 9.53 Å². The molecule has 0 unspecified atom stereocenters. The van der Waals surface area contributed by atoms with Gasteiger partial charge in [0.25, 0.3) is 0 Å². The fourth-order valence-corrected chi connectivity index (χ4v) is 2.70. The van der Waals surface area contributed by atoms with E-state index in [0.717, 1.165) is 37.2 Å². The summed E-state index contributed by atoms with van der Waals surface area (Å²) >= 11 is 6.12. The zero-order chi connectivity index (χ0) is 14.5. The van der Waals surface area contributed by atoms with Crippen molar-refractivity contribution in [3.05, 3.63) is 16.4 Å². The van der Waals surface area contributed by atoms with E-state index >= 15 is 0 Å². The van der Waals surface area contributed by atoms with E-state index in [-0.39, 0.29) is 5.78 Å². The zero-order valence-corrected chi connectivity index (χ0v) is 12.9. The van der Waals surface area contributed by atoms with Crippen LogP contribution < -0.4 is 5.32 Å². The fourth-order valence-electron chi connectivity index (χ4n) is 2.46. The lowest BCUT2D eigenvalue weighted by molar-refractivity contribution is -0.120. The van der Waals surface area contributed by atoms with E-state index in [4.69, 9.17) is 16.3 Å². The Morgan fingerprint density at radius 3 is 2.80 bits per heavy atom. The number of aryl methyl sites for hydroxylation is 2. The summed E-state index contributed by atoms with van der Waals surface area (Å²) in [5.74, 6) is 0.150. The number of aromatic nitrogens is 2. The average molecular weight is 300 g/mol. The van der Waals surface area contributed by atoms with Gasteiger partial charge in [-0.05, 0) is 32.9 Å². The summed E-state index contributed by atoms with van der Waals surface area (Å²) < 4.78 is 7.34. The summed E-state index contributed by atoms with van der Waals surface area (Å²) in [6, 6.07) is 0. The molecule has 0 radical (unpaired) electrons. The van der Waals surface area contributed by atoms with Crippen LogP contribution in [0.15, 0.2) is 0 Å². The number of carbonyl (C=O) groups is 1. The van der Waals surface area contributed by atoms with E-state index in [1.165, 1.54) is 0 Å². The molecule has 0 aromatic carbocycles. The summed E-state index contributed by atoms with van der Waals surface area (Å²) in [5, 5.41) is 8.05. The van der Waals surface area contributed by atoms with E-state index in [2.05, 4.69) is 10.4 Å². The largest absolute Gasteiger partial charge is 0.378 e. The van der Waals surface area contributed by atoms with Gasteiger partial charge in [0.2, 0.25) is 0 Å². The van der Waals surface area contributed by atoms with Gasteiger partial charge in [0.1, 0.15) is 10.9 Å². The van der Waals surface area contributed by atoms with Crippen molar-refractivity contribution in [2.75, 3.05) is 19.7 Å². The zero-order valence-electron chi connectivity index (χ0n) is 12.1. The third kappa shape index (κ3) is 4.04. The first-order chi connectivity index (χ1) is 9.58. The lowest BCUT2D eigenvalue weighted by Crippen LogP contribution is -2.32. The first kappa shape index (κ1) is 15.5. The molecule has 0 saturated carbocycles. The van der Waals surface area contributed by atoms with Gasteiger partial charge in [-0.25, -0.2) is 0 Å². The van der Waals surface area contributed by atoms with Gasteiger partial charge in [-0.15, -0.1) is 0 Å². The topological polar surface area (TPSA) is 56.2 Å². The highest BCUT2D eigenvalue weighted by Gasteiger charge is 2.16. The van der Waals surface area contributed by atoms with E-state index in [1.807, 2.05) is 6.92 Å². The highest BCUT2D eigenvalue weighted by Crippen LogP contribution is 2.19. The average Bonchev–Trinajstić information content (AvgIpc) is 2.67. The molecule has 0 spiro atoms. The van der Waals surface area contributed by atoms with Gasteiger partial charge in [-0.3, -0.25) is 9.48 Å². The molecule has 2 heterocycles. The Bertz CT molecular complexity index is 467. The van der Waals surface area contributed by atoms with Crippen LogP contribution in [0.25, 0.3) is 0 Å². The molecule has 0 atom stereocenters. The molecule has 1 aromatic rings. The number of ketones is 1. The van der Waals surface area contributed by atoms with Crippen LogP contribution in [0.5, 0.6) is 0 Å². The molecule has 1 aliphatic heterocycles. The van der Waals surface area contributed by atoms with Crippen LogP contribution >= 0.6 is 11.6 Å². The Hall–Kier alpha value is -0.910. The van der Waals surface area contributed by atoms with Crippen molar-refractivity contribution in [2.45, 2.75) is 38.7 Å². The number of Topliss-reactive ketones (excluding diaryl/α,β-unsaturated/α-hetero) is 1. The molecule has 0 amide bonds. The standard InChI is InChI=1S/C14H22ClN3O2/c1-10-13(14(15)18(2)17-10)9-11(19)5-8-20-12-3-6-16-7-4-12/h12,16H,3-9H2,1-2H3. The minimum atomic E-state index is 0.150. The number of hydrogen-bond acceptors (Lipinski definition) is 4. The van der Waals surface area contributed by atoms with Crippen molar-refractivity contribution in [3.63, 3.8) is 0 Å². The predicted octanol–water partition coefficient (Wildman–Crippen LogP) is 1.65. The van der Waals surface area contributed by atoms with E-state index < -0.39 is 0 Å². The third-order valence-corrected chi connectivity index (χ3v) is 4.14. The lowest BCUT2D eigenvalue weighted by Gasteiger charge is -2.22. The molecule has 1 aromatic heterocycles. The number of ether oxygens (including phenoxy) is 1. The third-order valence-electron chi connectivity index (χ3n) is 3.66.